The zero-order valence-electron chi connectivity index (χ0n) is 11.9. The molecule has 0 spiro atoms. The summed E-state index contributed by atoms with van der Waals surface area (Å²) in [7, 11) is 1.56. The van der Waals surface area contributed by atoms with Crippen LogP contribution in [0.1, 0.15) is 21.5 Å². The van der Waals surface area contributed by atoms with Crippen molar-refractivity contribution in [3.63, 3.8) is 0 Å². The normalized spacial score (nSPS) is 10.5. The molecule has 0 amide bonds. The Labute approximate surface area is 138 Å². The second-order valence-corrected chi connectivity index (χ2v) is 5.53. The van der Waals surface area contributed by atoms with Crippen molar-refractivity contribution in [2.45, 2.75) is 13.1 Å². The number of carboxylic acid groups (broad SMARTS) is 1. The molecule has 2 rings (SSSR count). The third kappa shape index (κ3) is 4.13. The van der Waals surface area contributed by atoms with Crippen molar-refractivity contribution in [2.24, 2.45) is 0 Å². The van der Waals surface area contributed by atoms with Crippen LogP contribution in [0.3, 0.4) is 0 Å². The molecule has 0 aliphatic rings. The van der Waals surface area contributed by atoms with Crippen LogP contribution in [0.2, 0.25) is 10.0 Å². The van der Waals surface area contributed by atoms with Crippen LogP contribution < -0.4 is 10.1 Å². The molecule has 2 aromatic rings. The molecular formula is C16H15Cl2NO3. The van der Waals surface area contributed by atoms with Crippen LogP contribution >= 0.6 is 23.2 Å². The molecule has 2 N–H and O–H groups in total. The number of carboxylic acids is 1. The third-order valence-electron chi connectivity index (χ3n) is 3.13. The summed E-state index contributed by atoms with van der Waals surface area (Å²) in [5.41, 5.74) is 2.12. The summed E-state index contributed by atoms with van der Waals surface area (Å²) in [6.45, 7) is 1.12. The molecule has 4 nitrogen and oxygen atoms in total. The van der Waals surface area contributed by atoms with E-state index in [1.807, 2.05) is 0 Å². The van der Waals surface area contributed by atoms with Crippen LogP contribution in [0.5, 0.6) is 5.75 Å². The predicted octanol–water partition coefficient (Wildman–Crippen LogP) is 3.99. The largest absolute Gasteiger partial charge is 0.495 e. The first-order valence-corrected chi connectivity index (χ1v) is 7.31. The second kappa shape index (κ2) is 7.49. The Morgan fingerprint density at radius 2 is 1.86 bits per heavy atom. The fraction of sp³-hybridized carbons (Fsp3) is 0.188. The van der Waals surface area contributed by atoms with E-state index in [-0.39, 0.29) is 5.56 Å². The van der Waals surface area contributed by atoms with E-state index in [1.54, 1.807) is 43.5 Å². The predicted molar refractivity (Wildman–Crippen MR) is 87.0 cm³/mol. The number of rotatable bonds is 6. The Hall–Kier alpha value is -1.75. The zero-order chi connectivity index (χ0) is 16.1. The Morgan fingerprint density at radius 3 is 2.45 bits per heavy atom. The van der Waals surface area contributed by atoms with Crippen molar-refractivity contribution in [2.75, 3.05) is 7.11 Å². The highest BCUT2D eigenvalue weighted by atomic mass is 35.5. The van der Waals surface area contributed by atoms with Crippen LogP contribution in [0, 0.1) is 0 Å². The van der Waals surface area contributed by atoms with E-state index in [0.29, 0.717) is 28.9 Å². The van der Waals surface area contributed by atoms with Crippen molar-refractivity contribution >= 4 is 29.2 Å². The van der Waals surface area contributed by atoms with Gasteiger partial charge < -0.3 is 15.2 Å². The highest BCUT2D eigenvalue weighted by Gasteiger charge is 2.09. The van der Waals surface area contributed by atoms with Gasteiger partial charge in [0.25, 0.3) is 0 Å². The average Bonchev–Trinajstić information content (AvgIpc) is 2.47. The molecule has 6 heteroatoms. The number of hydrogen-bond acceptors (Lipinski definition) is 3. The fourth-order valence-electron chi connectivity index (χ4n) is 2.08. The molecule has 0 aliphatic carbocycles. The third-order valence-corrected chi connectivity index (χ3v) is 3.63. The smallest absolute Gasteiger partial charge is 0.335 e. The summed E-state index contributed by atoms with van der Waals surface area (Å²) in [6, 6.07) is 10.1. The average molecular weight is 340 g/mol. The van der Waals surface area contributed by atoms with Crippen LogP contribution in [0.4, 0.5) is 0 Å². The molecule has 0 unspecified atom stereocenters. The Bertz CT molecular complexity index is 672. The summed E-state index contributed by atoms with van der Waals surface area (Å²) in [4.78, 5) is 10.8. The first-order valence-electron chi connectivity index (χ1n) is 6.56. The van der Waals surface area contributed by atoms with Gasteiger partial charge in [0, 0.05) is 23.7 Å². The standard InChI is InChI=1S/C16H15Cl2NO3/c1-22-15-12(6-13(17)7-14(15)18)9-19-8-10-2-4-11(5-3-10)16(20)21/h2-7,19H,8-9H2,1H3,(H,20,21). The van der Waals surface area contributed by atoms with Gasteiger partial charge in [0.2, 0.25) is 0 Å². The van der Waals surface area contributed by atoms with Crippen molar-refractivity contribution in [1.29, 1.82) is 0 Å². The minimum absolute atomic E-state index is 0.270. The van der Waals surface area contributed by atoms with E-state index in [0.717, 1.165) is 11.1 Å². The van der Waals surface area contributed by atoms with Gasteiger partial charge in [-0.1, -0.05) is 35.3 Å². The Kier molecular flexibility index (Phi) is 5.66. The molecule has 0 aromatic heterocycles. The van der Waals surface area contributed by atoms with Gasteiger partial charge in [-0.05, 0) is 29.8 Å². The van der Waals surface area contributed by atoms with Gasteiger partial charge in [-0.3, -0.25) is 0 Å². The lowest BCUT2D eigenvalue weighted by Gasteiger charge is -2.12. The van der Waals surface area contributed by atoms with Gasteiger partial charge in [-0.15, -0.1) is 0 Å². The molecule has 0 saturated heterocycles. The number of nitrogens with one attached hydrogen (secondary N) is 1. The molecule has 0 radical (unpaired) electrons. The molecule has 0 bridgehead atoms. The lowest BCUT2D eigenvalue weighted by molar-refractivity contribution is 0.0697. The summed E-state index contributed by atoms with van der Waals surface area (Å²) >= 11 is 12.1. The molecule has 0 fully saturated rings. The van der Waals surface area contributed by atoms with E-state index in [2.05, 4.69) is 5.32 Å². The SMILES string of the molecule is COc1c(Cl)cc(Cl)cc1CNCc1ccc(C(=O)O)cc1. The highest BCUT2D eigenvalue weighted by molar-refractivity contribution is 6.35. The number of carbonyl (C=O) groups is 1. The monoisotopic (exact) mass is 339 g/mol. The molecule has 22 heavy (non-hydrogen) atoms. The number of benzene rings is 2. The maximum absolute atomic E-state index is 10.8. The van der Waals surface area contributed by atoms with Crippen molar-refractivity contribution in [3.8, 4) is 5.75 Å². The number of ether oxygens (including phenoxy) is 1. The van der Waals surface area contributed by atoms with Gasteiger partial charge in [-0.2, -0.15) is 0 Å². The van der Waals surface area contributed by atoms with Gasteiger partial charge in [0.1, 0.15) is 5.75 Å². The fourth-order valence-corrected chi connectivity index (χ4v) is 2.69. The summed E-state index contributed by atoms with van der Waals surface area (Å²) in [6.07, 6.45) is 0. The Morgan fingerprint density at radius 1 is 1.18 bits per heavy atom. The van der Waals surface area contributed by atoms with E-state index >= 15 is 0 Å². The van der Waals surface area contributed by atoms with Gasteiger partial charge in [0.15, 0.2) is 0 Å². The summed E-state index contributed by atoms with van der Waals surface area (Å²) in [5.74, 6) is -0.336. The first-order chi connectivity index (χ1) is 10.5. The maximum Gasteiger partial charge on any atom is 0.335 e. The number of aromatic carboxylic acids is 1. The van der Waals surface area contributed by atoms with Gasteiger partial charge >= 0.3 is 5.97 Å². The van der Waals surface area contributed by atoms with Crippen molar-refractivity contribution in [1.82, 2.24) is 5.32 Å². The summed E-state index contributed by atoms with van der Waals surface area (Å²) < 4.78 is 5.28. The topological polar surface area (TPSA) is 58.6 Å². The Balaban J connectivity index is 2.00. The van der Waals surface area contributed by atoms with E-state index in [1.165, 1.54) is 0 Å². The lowest BCUT2D eigenvalue weighted by Crippen LogP contribution is -2.13. The minimum atomic E-state index is -0.933. The molecule has 0 heterocycles. The van der Waals surface area contributed by atoms with Crippen LogP contribution in [0.15, 0.2) is 36.4 Å². The van der Waals surface area contributed by atoms with Crippen molar-refractivity contribution in [3.05, 3.63) is 63.1 Å². The van der Waals surface area contributed by atoms with Gasteiger partial charge in [-0.25, -0.2) is 4.79 Å². The molecule has 2 aromatic carbocycles. The van der Waals surface area contributed by atoms with Gasteiger partial charge in [0.05, 0.1) is 17.7 Å². The molecule has 116 valence electrons. The molecule has 0 atom stereocenters. The number of hydrogen-bond donors (Lipinski definition) is 2. The lowest BCUT2D eigenvalue weighted by atomic mass is 10.1. The maximum atomic E-state index is 10.8. The van der Waals surface area contributed by atoms with Crippen LogP contribution in [0.25, 0.3) is 0 Å². The highest BCUT2D eigenvalue weighted by Crippen LogP contribution is 2.32. The quantitative estimate of drug-likeness (QED) is 0.835. The number of methoxy groups -OCH3 is 1. The molecule has 0 aliphatic heterocycles. The minimum Gasteiger partial charge on any atom is -0.495 e. The van der Waals surface area contributed by atoms with E-state index in [4.69, 9.17) is 33.0 Å². The van der Waals surface area contributed by atoms with E-state index in [9.17, 15) is 4.79 Å². The first kappa shape index (κ1) is 16.6. The molecule has 0 saturated carbocycles. The van der Waals surface area contributed by atoms with Crippen molar-refractivity contribution < 1.29 is 14.6 Å². The number of halogens is 2. The zero-order valence-corrected chi connectivity index (χ0v) is 13.4. The van der Waals surface area contributed by atoms with Crippen LogP contribution in [-0.4, -0.2) is 18.2 Å². The van der Waals surface area contributed by atoms with E-state index < -0.39 is 5.97 Å². The second-order valence-electron chi connectivity index (χ2n) is 4.69. The molecular weight excluding hydrogens is 325 g/mol. The van der Waals surface area contributed by atoms with Crippen LogP contribution in [-0.2, 0) is 13.1 Å². The summed E-state index contributed by atoms with van der Waals surface area (Å²) in [5, 5.41) is 13.1.